The molecule has 0 bridgehead atoms. The summed E-state index contributed by atoms with van der Waals surface area (Å²) in [5.74, 6) is -2.94. The van der Waals surface area contributed by atoms with Crippen LogP contribution in [0.4, 0.5) is 4.79 Å². The van der Waals surface area contributed by atoms with Gasteiger partial charge in [0.1, 0.15) is 35.1 Å². The standard InChI is InChI=1S/C49H84N4O13/c1-14-20-50-27-49(60)33(8)63-38(23-47(49,10)61-13)65-40-30(5)42(46(9,58)22-28(3)24-51-32(7)41(55)48(11,59)37(15-2)64-43(56)31(40)6)66-44-39(54)36(21-29(4)62-44)52(12)45(57)53-25-34-18-16-17-19-35(34)26-53/h16-19,28-33,36-42,44,50-51,54-55,58-60H,14-15,20-27H2,1-13H3/t28-,29-,30+,31-,32-,33+,36+,37-,38+,39-,40+,41-,42-,44+,46-,47-,48-,49+/m1/s1. The summed E-state index contributed by atoms with van der Waals surface area (Å²) in [5.41, 5.74) is -4.05. The fourth-order valence-electron chi connectivity index (χ4n) is 10.9. The Morgan fingerprint density at radius 3 is 2.20 bits per heavy atom. The Morgan fingerprint density at radius 1 is 0.970 bits per heavy atom. The van der Waals surface area contributed by atoms with Crippen molar-refractivity contribution in [3.05, 3.63) is 35.4 Å². The summed E-state index contributed by atoms with van der Waals surface area (Å²) in [6.45, 7) is 21.4. The molecule has 0 spiro atoms. The number of hydrogen-bond donors (Lipinski definition) is 7. The van der Waals surface area contributed by atoms with Gasteiger partial charge in [-0.2, -0.15) is 0 Å². The van der Waals surface area contributed by atoms with E-state index in [0.29, 0.717) is 32.6 Å². The summed E-state index contributed by atoms with van der Waals surface area (Å²) in [6.07, 6.45) is -8.22. The van der Waals surface area contributed by atoms with E-state index in [1.807, 2.05) is 45.0 Å². The van der Waals surface area contributed by atoms with Crippen LogP contribution in [0.2, 0.25) is 0 Å². The third kappa shape index (κ3) is 11.6. The van der Waals surface area contributed by atoms with Gasteiger partial charge in [0, 0.05) is 52.2 Å². The zero-order chi connectivity index (χ0) is 49.1. The van der Waals surface area contributed by atoms with Crippen molar-refractivity contribution in [2.24, 2.45) is 17.8 Å². The first-order valence-electron chi connectivity index (χ1n) is 24.3. The molecule has 0 aliphatic carbocycles. The highest BCUT2D eigenvalue weighted by molar-refractivity contribution is 5.75. The molecule has 4 heterocycles. The number of hydrogen-bond acceptors (Lipinski definition) is 15. The fraction of sp³-hybridized carbons (Fsp3) is 0.837. The molecular weight excluding hydrogens is 853 g/mol. The lowest BCUT2D eigenvalue weighted by molar-refractivity contribution is -0.336. The van der Waals surface area contributed by atoms with Gasteiger partial charge in [0.25, 0.3) is 0 Å². The molecule has 0 unspecified atom stereocenters. The Labute approximate surface area is 393 Å². The quantitative estimate of drug-likeness (QED) is 0.125. The molecule has 17 heteroatoms. The average Bonchev–Trinajstić information content (AvgIpc) is 3.71. The molecule has 1 aromatic rings. The smallest absolute Gasteiger partial charge is 0.320 e. The third-order valence-corrected chi connectivity index (χ3v) is 15.3. The maximum atomic E-state index is 14.5. The van der Waals surface area contributed by atoms with Gasteiger partial charge < -0.3 is 74.4 Å². The molecule has 17 nitrogen and oxygen atoms in total. The highest BCUT2D eigenvalue weighted by Crippen LogP contribution is 2.43. The minimum absolute atomic E-state index is 0.0518. The number of esters is 1. The molecule has 0 radical (unpaired) electrons. The van der Waals surface area contributed by atoms with Crippen molar-refractivity contribution in [3.8, 4) is 0 Å². The predicted molar refractivity (Wildman–Crippen MR) is 247 cm³/mol. The molecule has 66 heavy (non-hydrogen) atoms. The van der Waals surface area contributed by atoms with Crippen molar-refractivity contribution in [1.82, 2.24) is 20.4 Å². The van der Waals surface area contributed by atoms with Crippen LogP contribution in [0, 0.1) is 17.8 Å². The SMILES string of the molecule is CCCNC[C@]1(O)[C@H](C)O[C@@H](O[C@H]2[C@H](C)[C@@H](O[C@@H]3O[C@H](C)C[C@H](N(C)C(=O)N4Cc5ccccc5C4)[C@H]3O)[C@](C)(O)C[C@@H](C)CN[C@H](C)[C@@H](O)[C@](C)(O)[C@@H](CC)OC(=O)[C@@H]2C)C[C@@]1(C)OC. The molecule has 2 amide bonds. The highest BCUT2D eigenvalue weighted by atomic mass is 16.7. The van der Waals surface area contributed by atoms with Gasteiger partial charge in [0.15, 0.2) is 12.6 Å². The summed E-state index contributed by atoms with van der Waals surface area (Å²) < 4.78 is 38.8. The second kappa shape index (κ2) is 22.1. The van der Waals surface area contributed by atoms with Crippen molar-refractivity contribution in [1.29, 1.82) is 0 Å². The van der Waals surface area contributed by atoms with Gasteiger partial charge in [-0.05, 0) is 104 Å². The minimum Gasteiger partial charge on any atom is -0.459 e. The van der Waals surface area contributed by atoms with Crippen LogP contribution in [-0.2, 0) is 46.3 Å². The van der Waals surface area contributed by atoms with E-state index in [1.165, 1.54) is 14.0 Å². The maximum Gasteiger partial charge on any atom is 0.320 e. The molecule has 1 aromatic carbocycles. The number of ether oxygens (including phenoxy) is 6. The van der Waals surface area contributed by atoms with Gasteiger partial charge >= 0.3 is 12.0 Å². The Morgan fingerprint density at radius 2 is 1.61 bits per heavy atom. The van der Waals surface area contributed by atoms with Crippen LogP contribution in [0.1, 0.15) is 119 Å². The lowest BCUT2D eigenvalue weighted by Crippen LogP contribution is -2.70. The molecule has 18 atom stereocenters. The summed E-state index contributed by atoms with van der Waals surface area (Å²) in [6, 6.07) is 6.30. The van der Waals surface area contributed by atoms with Crippen LogP contribution in [0.25, 0.3) is 0 Å². The number of aliphatic hydroxyl groups is 5. The van der Waals surface area contributed by atoms with Crippen molar-refractivity contribution < 1.29 is 63.5 Å². The van der Waals surface area contributed by atoms with E-state index in [-0.39, 0.29) is 37.8 Å². The predicted octanol–water partition coefficient (Wildman–Crippen LogP) is 3.43. The number of carbonyl (C=O) groups excluding carboxylic acids is 2. The van der Waals surface area contributed by atoms with Gasteiger partial charge in [0.2, 0.25) is 0 Å². The van der Waals surface area contributed by atoms with E-state index >= 15 is 0 Å². The number of nitrogens with zero attached hydrogens (tertiary/aromatic N) is 2. The molecule has 3 fully saturated rings. The lowest BCUT2D eigenvalue weighted by Gasteiger charge is -2.53. The number of aliphatic hydroxyl groups excluding tert-OH is 2. The minimum atomic E-state index is -1.85. The van der Waals surface area contributed by atoms with Crippen LogP contribution < -0.4 is 10.6 Å². The number of methoxy groups -OCH3 is 1. The first-order chi connectivity index (χ1) is 30.8. The van der Waals surface area contributed by atoms with E-state index < -0.39 is 108 Å². The van der Waals surface area contributed by atoms with E-state index in [0.717, 1.165) is 17.5 Å². The summed E-state index contributed by atoms with van der Waals surface area (Å²) in [4.78, 5) is 31.9. The second-order valence-electron chi connectivity index (χ2n) is 20.7. The summed E-state index contributed by atoms with van der Waals surface area (Å²) in [7, 11) is 3.19. The van der Waals surface area contributed by atoms with Gasteiger partial charge in [-0.1, -0.05) is 52.0 Å². The van der Waals surface area contributed by atoms with Crippen LogP contribution in [-0.4, -0.2) is 171 Å². The number of rotatable bonds is 11. The molecular formula is C49H84N4O13. The first-order valence-corrected chi connectivity index (χ1v) is 24.3. The Hall–Kier alpha value is -2.52. The molecule has 0 aromatic heterocycles. The number of benzene rings is 1. The molecule has 4 aliphatic heterocycles. The molecule has 0 saturated carbocycles. The molecule has 7 N–H and O–H groups in total. The molecule has 3 saturated heterocycles. The molecule has 4 aliphatic rings. The van der Waals surface area contributed by atoms with Gasteiger partial charge in [0.05, 0.1) is 42.0 Å². The first kappa shape index (κ1) is 54.4. The Kier molecular flexibility index (Phi) is 18.2. The van der Waals surface area contributed by atoms with E-state index in [2.05, 4.69) is 10.6 Å². The maximum absolute atomic E-state index is 14.5. The second-order valence-corrected chi connectivity index (χ2v) is 20.7. The highest BCUT2D eigenvalue weighted by Gasteiger charge is 2.58. The van der Waals surface area contributed by atoms with Crippen LogP contribution >= 0.6 is 0 Å². The number of carbonyl (C=O) groups is 2. The zero-order valence-electron chi connectivity index (χ0n) is 41.9. The van der Waals surface area contributed by atoms with Crippen LogP contribution in [0.15, 0.2) is 24.3 Å². The number of amides is 2. The van der Waals surface area contributed by atoms with E-state index in [1.54, 1.807) is 65.3 Å². The van der Waals surface area contributed by atoms with E-state index in [9.17, 15) is 35.1 Å². The van der Waals surface area contributed by atoms with Crippen LogP contribution in [0.3, 0.4) is 0 Å². The third-order valence-electron chi connectivity index (χ3n) is 15.3. The number of fused-ring (bicyclic) bond motifs is 1. The summed E-state index contributed by atoms with van der Waals surface area (Å²) >= 11 is 0. The van der Waals surface area contributed by atoms with E-state index in [4.69, 9.17) is 28.4 Å². The zero-order valence-corrected chi connectivity index (χ0v) is 41.9. The topological polar surface area (TPSA) is 221 Å². The number of likely N-dealkylation sites (N-methyl/N-ethyl adjacent to an activating group) is 1. The lowest BCUT2D eigenvalue weighted by atomic mass is 9.75. The van der Waals surface area contributed by atoms with Gasteiger partial charge in [-0.3, -0.25) is 4.79 Å². The van der Waals surface area contributed by atoms with Crippen molar-refractivity contribution in [2.75, 3.05) is 33.8 Å². The Bertz CT molecular complexity index is 1730. The number of urea groups is 1. The van der Waals surface area contributed by atoms with Crippen molar-refractivity contribution in [3.63, 3.8) is 0 Å². The number of nitrogens with one attached hydrogen (secondary N) is 2. The monoisotopic (exact) mass is 937 g/mol. The van der Waals surface area contributed by atoms with Gasteiger partial charge in [-0.25, -0.2) is 4.79 Å². The molecule has 5 rings (SSSR count). The largest absolute Gasteiger partial charge is 0.459 e. The average molecular weight is 937 g/mol. The Balaban J connectivity index is 1.53. The summed E-state index contributed by atoms with van der Waals surface area (Å²) in [5, 5.41) is 67.0. The van der Waals surface area contributed by atoms with Crippen molar-refractivity contribution >= 4 is 12.0 Å². The van der Waals surface area contributed by atoms with Crippen molar-refractivity contribution in [2.45, 2.75) is 211 Å². The van der Waals surface area contributed by atoms with Gasteiger partial charge in [-0.15, -0.1) is 0 Å². The fourth-order valence-corrected chi connectivity index (χ4v) is 10.9. The van der Waals surface area contributed by atoms with Crippen LogP contribution in [0.5, 0.6) is 0 Å². The number of cyclic esters (lactones) is 1. The molecule has 378 valence electrons. The normalized spacial score (nSPS) is 43.1.